The highest BCUT2D eigenvalue weighted by atomic mass is 32.2. The van der Waals surface area contributed by atoms with Crippen molar-refractivity contribution in [1.29, 1.82) is 5.26 Å². The number of hydrogen-bond acceptors (Lipinski definition) is 5. The summed E-state index contributed by atoms with van der Waals surface area (Å²) in [5.41, 5.74) is -0.143. The number of carbonyl (C=O) groups excluding carboxylic acids is 1. The summed E-state index contributed by atoms with van der Waals surface area (Å²) >= 11 is -0.953. The summed E-state index contributed by atoms with van der Waals surface area (Å²) in [5, 5.41) is 9.27. The predicted octanol–water partition coefficient (Wildman–Crippen LogP) is 5.68. The molecule has 0 saturated carbocycles. The van der Waals surface area contributed by atoms with Gasteiger partial charge in [0.2, 0.25) is 5.91 Å². The third-order valence-corrected chi connectivity index (χ3v) is 9.28. The van der Waals surface area contributed by atoms with E-state index in [0.29, 0.717) is 53.3 Å². The number of nitrogens with zero attached hydrogens (tertiary/aromatic N) is 4. The van der Waals surface area contributed by atoms with E-state index in [2.05, 4.69) is 0 Å². The molecule has 4 aromatic rings. The van der Waals surface area contributed by atoms with Gasteiger partial charge in [-0.1, -0.05) is 35.4 Å². The third-order valence-electron chi connectivity index (χ3n) is 7.90. The highest BCUT2D eigenvalue weighted by Gasteiger charge is 2.35. The molecule has 0 aliphatic carbocycles. The first kappa shape index (κ1) is 31.2. The van der Waals surface area contributed by atoms with Gasteiger partial charge in [0, 0.05) is 12.7 Å². The average molecular weight is 625 g/mol. The van der Waals surface area contributed by atoms with Gasteiger partial charge in [0.1, 0.15) is 23.0 Å². The molecule has 44 heavy (non-hydrogen) atoms. The smallest absolute Gasteiger partial charge is 0.419 e. The molecule has 1 aliphatic rings. The highest BCUT2D eigenvalue weighted by Crippen LogP contribution is 2.34. The second-order valence-corrected chi connectivity index (χ2v) is 12.5. The van der Waals surface area contributed by atoms with Gasteiger partial charge in [0.05, 0.1) is 40.9 Å². The first-order valence-electron chi connectivity index (χ1n) is 14.0. The van der Waals surface area contributed by atoms with Crippen LogP contribution >= 0.6 is 0 Å². The van der Waals surface area contributed by atoms with Gasteiger partial charge in [-0.2, -0.15) is 18.4 Å². The molecule has 0 spiro atoms. The number of rotatable bonds is 7. The van der Waals surface area contributed by atoms with Crippen LogP contribution in [0.5, 0.6) is 0 Å². The zero-order chi connectivity index (χ0) is 31.6. The fraction of sp³-hybridized carbons (Fsp3) is 0.312. The molecule has 12 heteroatoms. The van der Waals surface area contributed by atoms with E-state index in [1.807, 2.05) is 6.07 Å². The molecule has 1 fully saturated rings. The Morgan fingerprint density at radius 2 is 1.86 bits per heavy atom. The Bertz CT molecular complexity index is 1780. The molecule has 1 atom stereocenters. The molecule has 1 saturated heterocycles. The Kier molecular flexibility index (Phi) is 9.08. The molecule has 1 amide bonds. The fourth-order valence-corrected chi connectivity index (χ4v) is 6.89. The van der Waals surface area contributed by atoms with Crippen molar-refractivity contribution in [3.63, 3.8) is 0 Å². The topological polar surface area (TPSA) is 102 Å². The number of alkyl halides is 3. The molecule has 0 unspecified atom stereocenters. The number of aromatic nitrogens is 2. The summed E-state index contributed by atoms with van der Waals surface area (Å²) in [6, 6.07) is 15.2. The molecular formula is C32H28F4N4O3S. The molecule has 0 radical (unpaired) electrons. The molecule has 2 aromatic heterocycles. The van der Waals surface area contributed by atoms with Gasteiger partial charge in [0.25, 0.3) is 5.56 Å². The maximum atomic E-state index is 14.0. The van der Waals surface area contributed by atoms with Crippen LogP contribution in [-0.2, 0) is 28.6 Å². The summed E-state index contributed by atoms with van der Waals surface area (Å²) in [5.74, 6) is -1.04. The van der Waals surface area contributed by atoms with E-state index in [0.717, 1.165) is 6.07 Å². The average Bonchev–Trinajstić information content (AvgIpc) is 3.01. The van der Waals surface area contributed by atoms with Crippen LogP contribution in [0.3, 0.4) is 0 Å². The lowest BCUT2D eigenvalue weighted by atomic mass is 9.96. The Morgan fingerprint density at radius 3 is 2.52 bits per heavy atom. The molecule has 0 N–H and O–H groups in total. The molecule has 3 heterocycles. The van der Waals surface area contributed by atoms with Crippen molar-refractivity contribution in [2.45, 2.75) is 38.4 Å². The van der Waals surface area contributed by atoms with Crippen molar-refractivity contribution < 1.29 is 26.9 Å². The van der Waals surface area contributed by atoms with Crippen LogP contribution in [0.4, 0.5) is 17.6 Å². The minimum Gasteiger partial charge on any atom is -0.616 e. The quantitative estimate of drug-likeness (QED) is 0.195. The molecule has 7 nitrogen and oxygen atoms in total. The number of pyridine rings is 1. The third kappa shape index (κ3) is 6.64. The van der Waals surface area contributed by atoms with Crippen LogP contribution < -0.4 is 5.56 Å². The number of fused-ring (bicyclic) bond motifs is 1. The Balaban J connectivity index is 1.59. The maximum Gasteiger partial charge on any atom is 0.419 e. The second kappa shape index (κ2) is 12.8. The highest BCUT2D eigenvalue weighted by molar-refractivity contribution is 7.91. The van der Waals surface area contributed by atoms with E-state index in [1.165, 1.54) is 9.30 Å². The molecule has 5 rings (SSSR count). The van der Waals surface area contributed by atoms with Crippen molar-refractivity contribution in [2.75, 3.05) is 18.1 Å². The van der Waals surface area contributed by atoms with Gasteiger partial charge in [-0.15, -0.1) is 0 Å². The largest absolute Gasteiger partial charge is 0.616 e. The molecule has 2 aromatic carbocycles. The van der Waals surface area contributed by atoms with Gasteiger partial charge in [0.15, 0.2) is 0 Å². The Morgan fingerprint density at radius 1 is 1.16 bits per heavy atom. The molecule has 1 aliphatic heterocycles. The summed E-state index contributed by atoms with van der Waals surface area (Å²) < 4.78 is 67.6. The summed E-state index contributed by atoms with van der Waals surface area (Å²) in [6.07, 6.45) is -2.61. The lowest BCUT2D eigenvalue weighted by Gasteiger charge is -2.35. The minimum absolute atomic E-state index is 0.00970. The van der Waals surface area contributed by atoms with E-state index < -0.39 is 52.7 Å². The number of halogens is 4. The first-order valence-corrected chi connectivity index (χ1v) is 15.5. The van der Waals surface area contributed by atoms with Crippen LogP contribution in [0.25, 0.3) is 16.8 Å². The standard InChI is InChI=1S/C32H28F4N4O3S/c1-20(30-29(24-8-5-21(18-37)6-9-24)31(42)39-13-3-2-4-27(39)38-30)40(19-22-11-14-44(43)15-12-22)28(41)17-23-7-10-26(33)25(16-23)32(34,35)36/h2-10,13,16,20,22H,11-12,14-15,17,19H2,1H3/t20-,22-,44-/m1/s1. The van der Waals surface area contributed by atoms with Gasteiger partial charge in [-0.05, 0) is 73.2 Å². The second-order valence-electron chi connectivity index (χ2n) is 10.8. The Labute approximate surface area is 253 Å². The minimum atomic E-state index is -4.93. The SMILES string of the molecule is C[C@H](c1nc2ccccn2c(=O)c1-c1ccc(C#N)cc1)N(C[C@H]1CC[S@+]([O-])CC1)C(=O)Cc1ccc(F)c(C(F)(F)F)c1. The fourth-order valence-electron chi connectivity index (χ4n) is 5.49. The zero-order valence-corrected chi connectivity index (χ0v) is 24.5. The van der Waals surface area contributed by atoms with Crippen molar-refractivity contribution in [3.8, 4) is 17.2 Å². The molecule has 0 bridgehead atoms. The number of carbonyl (C=O) groups is 1. The maximum absolute atomic E-state index is 14.0. The summed E-state index contributed by atoms with van der Waals surface area (Å²) in [7, 11) is 0. The molecule has 228 valence electrons. The van der Waals surface area contributed by atoms with E-state index in [1.54, 1.807) is 55.6 Å². The number of amides is 1. The molecular weight excluding hydrogens is 596 g/mol. The van der Waals surface area contributed by atoms with Crippen LogP contribution in [0.2, 0.25) is 0 Å². The van der Waals surface area contributed by atoms with Crippen molar-refractivity contribution >= 4 is 22.7 Å². The number of nitriles is 1. The lowest BCUT2D eigenvalue weighted by Crippen LogP contribution is -2.41. The summed E-state index contributed by atoms with van der Waals surface area (Å²) in [4.78, 5) is 34.1. The van der Waals surface area contributed by atoms with E-state index in [-0.39, 0.29) is 29.3 Å². The normalized spacial score (nSPS) is 17.7. The van der Waals surface area contributed by atoms with Crippen molar-refractivity contribution in [1.82, 2.24) is 14.3 Å². The number of benzene rings is 2. The van der Waals surface area contributed by atoms with Crippen molar-refractivity contribution in [3.05, 3.63) is 105 Å². The van der Waals surface area contributed by atoms with Crippen LogP contribution in [0, 0.1) is 23.1 Å². The zero-order valence-electron chi connectivity index (χ0n) is 23.7. The Hall–Kier alpha value is -4.21. The van der Waals surface area contributed by atoms with E-state index in [4.69, 9.17) is 4.98 Å². The lowest BCUT2D eigenvalue weighted by molar-refractivity contribution is -0.140. The monoisotopic (exact) mass is 624 g/mol. The van der Waals surface area contributed by atoms with Gasteiger partial charge in [-0.3, -0.25) is 14.0 Å². The first-order chi connectivity index (χ1) is 21.0. The summed E-state index contributed by atoms with van der Waals surface area (Å²) in [6.45, 7) is 1.91. The van der Waals surface area contributed by atoms with E-state index >= 15 is 0 Å². The predicted molar refractivity (Wildman–Crippen MR) is 157 cm³/mol. The van der Waals surface area contributed by atoms with Crippen molar-refractivity contribution in [2.24, 2.45) is 5.92 Å². The van der Waals surface area contributed by atoms with Gasteiger partial charge < -0.3 is 9.45 Å². The number of hydrogen-bond donors (Lipinski definition) is 0. The van der Waals surface area contributed by atoms with E-state index in [9.17, 15) is 37.0 Å². The van der Waals surface area contributed by atoms with Crippen LogP contribution in [-0.4, -0.2) is 42.8 Å². The van der Waals surface area contributed by atoms with Gasteiger partial charge in [-0.25, -0.2) is 9.37 Å². The van der Waals surface area contributed by atoms with Crippen LogP contribution in [0.1, 0.15) is 48.2 Å². The van der Waals surface area contributed by atoms with Gasteiger partial charge >= 0.3 is 6.18 Å². The van der Waals surface area contributed by atoms with Crippen LogP contribution in [0.15, 0.2) is 71.7 Å².